The number of ether oxygens (including phenoxy) is 2. The van der Waals surface area contributed by atoms with Crippen molar-refractivity contribution >= 4 is 5.91 Å². The molecule has 2 aromatic heterocycles. The molecular weight excluding hydrogens is 366 g/mol. The monoisotopic (exact) mass is 391 g/mol. The molecule has 3 heterocycles. The lowest BCUT2D eigenvalue weighted by Gasteiger charge is -2.35. The number of fused-ring (bicyclic) bond motifs is 1. The van der Waals surface area contributed by atoms with Crippen molar-refractivity contribution < 1.29 is 14.3 Å². The summed E-state index contributed by atoms with van der Waals surface area (Å²) in [6, 6.07) is 13.4. The molecule has 1 aromatic carbocycles. The Kier molecular flexibility index (Phi) is 5.51. The zero-order chi connectivity index (χ0) is 20.2. The molecule has 0 bridgehead atoms. The molecule has 3 aromatic rings. The topological polar surface area (TPSA) is 56.6 Å². The molecule has 4 rings (SSSR count). The van der Waals surface area contributed by atoms with Gasteiger partial charge in [0, 0.05) is 48.5 Å². The van der Waals surface area contributed by atoms with E-state index in [2.05, 4.69) is 28.7 Å². The van der Waals surface area contributed by atoms with Crippen molar-refractivity contribution in [1.82, 2.24) is 14.5 Å². The largest absolute Gasteiger partial charge is 0.490 e. The number of carbonyl (C=O) groups excluding carboxylic acids is 1. The third kappa shape index (κ3) is 3.97. The molecule has 0 spiro atoms. The highest BCUT2D eigenvalue weighted by molar-refractivity contribution is 5.95. The first-order valence-corrected chi connectivity index (χ1v) is 9.92. The van der Waals surface area contributed by atoms with Gasteiger partial charge in [-0.2, -0.15) is 0 Å². The minimum absolute atomic E-state index is 0.00436. The summed E-state index contributed by atoms with van der Waals surface area (Å²) in [5.74, 6) is 1.20. The van der Waals surface area contributed by atoms with Crippen molar-refractivity contribution in [1.29, 1.82) is 0 Å². The Morgan fingerprint density at radius 1 is 1.14 bits per heavy atom. The van der Waals surface area contributed by atoms with Gasteiger partial charge >= 0.3 is 0 Å². The summed E-state index contributed by atoms with van der Waals surface area (Å²) < 4.78 is 13.9. The second-order valence-corrected chi connectivity index (χ2v) is 7.05. The molecule has 1 aliphatic rings. The van der Waals surface area contributed by atoms with E-state index in [1.54, 1.807) is 18.5 Å². The normalized spacial score (nSPS) is 15.7. The van der Waals surface area contributed by atoms with Crippen LogP contribution in [0.1, 0.15) is 41.5 Å². The molecule has 0 N–H and O–H groups in total. The van der Waals surface area contributed by atoms with Gasteiger partial charge in [-0.3, -0.25) is 9.78 Å². The Morgan fingerprint density at radius 3 is 2.83 bits per heavy atom. The van der Waals surface area contributed by atoms with Crippen molar-refractivity contribution in [2.75, 3.05) is 13.2 Å². The molecule has 29 heavy (non-hydrogen) atoms. The fourth-order valence-corrected chi connectivity index (χ4v) is 3.70. The highest BCUT2D eigenvalue weighted by Crippen LogP contribution is 2.32. The Balaban J connectivity index is 1.53. The predicted molar refractivity (Wildman–Crippen MR) is 110 cm³/mol. The van der Waals surface area contributed by atoms with E-state index in [1.165, 1.54) is 0 Å². The summed E-state index contributed by atoms with van der Waals surface area (Å²) in [5.41, 5.74) is 2.74. The molecule has 1 amide bonds. The first-order chi connectivity index (χ1) is 14.2. The number of rotatable bonds is 6. The molecular formula is C23H25N3O3. The minimum atomic E-state index is 0.00436. The van der Waals surface area contributed by atoms with E-state index in [1.807, 2.05) is 42.2 Å². The average Bonchev–Trinajstić information content (AvgIpc) is 3.23. The van der Waals surface area contributed by atoms with E-state index >= 15 is 0 Å². The zero-order valence-corrected chi connectivity index (χ0v) is 16.7. The van der Waals surface area contributed by atoms with Crippen molar-refractivity contribution in [2.45, 2.75) is 33.0 Å². The standard InChI is InChI=1S/C23H25N3O3/c1-3-28-22-14-19(8-9-21(22)29-16-18-6-4-10-24-15-18)23(27)26-13-12-25-11-5-7-20(25)17(26)2/h4-11,14-15,17H,3,12-13,16H2,1-2H3. The van der Waals surface area contributed by atoms with E-state index in [0.29, 0.717) is 36.8 Å². The molecule has 1 atom stereocenters. The minimum Gasteiger partial charge on any atom is -0.490 e. The van der Waals surface area contributed by atoms with E-state index in [-0.39, 0.29) is 11.9 Å². The molecule has 0 aliphatic carbocycles. The molecule has 6 heteroatoms. The lowest BCUT2D eigenvalue weighted by molar-refractivity contribution is 0.0643. The van der Waals surface area contributed by atoms with Crippen LogP contribution in [0, 0.1) is 0 Å². The second-order valence-electron chi connectivity index (χ2n) is 7.05. The Labute approximate surface area is 170 Å². The molecule has 0 saturated heterocycles. The van der Waals surface area contributed by atoms with Crippen LogP contribution in [-0.4, -0.2) is 33.5 Å². The predicted octanol–water partition coefficient (Wildman–Crippen LogP) is 4.08. The van der Waals surface area contributed by atoms with Crippen LogP contribution in [0.5, 0.6) is 11.5 Å². The summed E-state index contributed by atoms with van der Waals surface area (Å²) in [6.45, 7) is 6.36. The van der Waals surface area contributed by atoms with E-state index in [0.717, 1.165) is 17.8 Å². The summed E-state index contributed by atoms with van der Waals surface area (Å²) >= 11 is 0. The van der Waals surface area contributed by atoms with Crippen molar-refractivity contribution in [3.63, 3.8) is 0 Å². The quantitative estimate of drug-likeness (QED) is 0.635. The Morgan fingerprint density at radius 2 is 2.03 bits per heavy atom. The Bertz CT molecular complexity index is 984. The number of nitrogens with zero attached hydrogens (tertiary/aromatic N) is 3. The average molecular weight is 391 g/mol. The van der Waals surface area contributed by atoms with Crippen LogP contribution in [0.2, 0.25) is 0 Å². The maximum atomic E-state index is 13.2. The van der Waals surface area contributed by atoms with Gasteiger partial charge in [0.1, 0.15) is 6.61 Å². The van der Waals surface area contributed by atoms with Crippen LogP contribution in [0.15, 0.2) is 61.1 Å². The first kappa shape index (κ1) is 19.1. The lowest BCUT2D eigenvalue weighted by atomic mass is 10.1. The smallest absolute Gasteiger partial charge is 0.254 e. The van der Waals surface area contributed by atoms with Crippen molar-refractivity contribution in [3.8, 4) is 11.5 Å². The van der Waals surface area contributed by atoms with Crippen LogP contribution in [0.4, 0.5) is 0 Å². The zero-order valence-electron chi connectivity index (χ0n) is 16.7. The summed E-state index contributed by atoms with van der Waals surface area (Å²) in [7, 11) is 0. The fraction of sp³-hybridized carbons (Fsp3) is 0.304. The maximum absolute atomic E-state index is 13.2. The van der Waals surface area contributed by atoms with Crippen LogP contribution in [0.3, 0.4) is 0 Å². The number of hydrogen-bond donors (Lipinski definition) is 0. The van der Waals surface area contributed by atoms with Gasteiger partial charge in [-0.05, 0) is 50.2 Å². The van der Waals surface area contributed by atoms with E-state index in [4.69, 9.17) is 9.47 Å². The second kappa shape index (κ2) is 8.39. The van der Waals surface area contributed by atoms with Gasteiger partial charge < -0.3 is 18.9 Å². The van der Waals surface area contributed by atoms with Crippen molar-refractivity contribution in [2.24, 2.45) is 0 Å². The van der Waals surface area contributed by atoms with Crippen LogP contribution >= 0.6 is 0 Å². The summed E-state index contributed by atoms with van der Waals surface area (Å²) in [6.07, 6.45) is 5.56. The summed E-state index contributed by atoms with van der Waals surface area (Å²) in [4.78, 5) is 19.2. The van der Waals surface area contributed by atoms with Crippen LogP contribution in [-0.2, 0) is 13.2 Å². The summed E-state index contributed by atoms with van der Waals surface area (Å²) in [5, 5.41) is 0. The molecule has 0 saturated carbocycles. The third-order valence-corrected chi connectivity index (χ3v) is 5.21. The molecule has 1 unspecified atom stereocenters. The molecule has 0 fully saturated rings. The molecule has 150 valence electrons. The molecule has 1 aliphatic heterocycles. The number of amides is 1. The highest BCUT2D eigenvalue weighted by atomic mass is 16.5. The number of pyridine rings is 1. The van der Waals surface area contributed by atoms with Gasteiger partial charge in [0.05, 0.1) is 12.6 Å². The highest BCUT2D eigenvalue weighted by Gasteiger charge is 2.28. The first-order valence-electron chi connectivity index (χ1n) is 9.92. The number of hydrogen-bond acceptors (Lipinski definition) is 4. The molecule has 6 nitrogen and oxygen atoms in total. The van der Waals surface area contributed by atoms with Crippen molar-refractivity contribution in [3.05, 3.63) is 77.9 Å². The van der Waals surface area contributed by atoms with E-state index in [9.17, 15) is 4.79 Å². The Hall–Kier alpha value is -3.28. The maximum Gasteiger partial charge on any atom is 0.254 e. The van der Waals surface area contributed by atoms with Gasteiger partial charge in [-0.15, -0.1) is 0 Å². The van der Waals surface area contributed by atoms with Gasteiger partial charge in [-0.1, -0.05) is 6.07 Å². The van der Waals surface area contributed by atoms with Gasteiger partial charge in [0.2, 0.25) is 0 Å². The van der Waals surface area contributed by atoms with Gasteiger partial charge in [0.25, 0.3) is 5.91 Å². The SMILES string of the molecule is CCOc1cc(C(=O)N2CCn3cccc3C2C)ccc1OCc1cccnc1. The number of benzene rings is 1. The van der Waals surface area contributed by atoms with Crippen LogP contribution in [0.25, 0.3) is 0 Å². The third-order valence-electron chi connectivity index (χ3n) is 5.21. The van der Waals surface area contributed by atoms with E-state index < -0.39 is 0 Å². The number of carbonyl (C=O) groups is 1. The lowest BCUT2D eigenvalue weighted by Crippen LogP contribution is -2.40. The van der Waals surface area contributed by atoms with Gasteiger partial charge in [0.15, 0.2) is 11.5 Å². The fourth-order valence-electron chi connectivity index (χ4n) is 3.70. The van der Waals surface area contributed by atoms with Gasteiger partial charge in [-0.25, -0.2) is 0 Å². The van der Waals surface area contributed by atoms with Crippen LogP contribution < -0.4 is 9.47 Å². The molecule has 0 radical (unpaired) electrons. The number of aromatic nitrogens is 2.